The van der Waals surface area contributed by atoms with Gasteiger partial charge in [0, 0.05) is 22.8 Å². The number of non-ortho nitro benzene ring substituents is 1. The first kappa shape index (κ1) is 14.0. The molecule has 7 heteroatoms. The van der Waals surface area contributed by atoms with Crippen LogP contribution in [0.1, 0.15) is 12.0 Å². The van der Waals surface area contributed by atoms with Gasteiger partial charge in [-0.05, 0) is 6.07 Å². The maximum Gasteiger partial charge on any atom is 0.306 e. The summed E-state index contributed by atoms with van der Waals surface area (Å²) in [5.74, 6) is 0.127. The summed E-state index contributed by atoms with van der Waals surface area (Å²) in [6.45, 7) is 0. The fraction of sp³-hybridized carbons (Fsp3) is 0.273. The van der Waals surface area contributed by atoms with Gasteiger partial charge >= 0.3 is 5.97 Å². The lowest BCUT2D eigenvalue weighted by Gasteiger charge is -2.03. The van der Waals surface area contributed by atoms with E-state index in [0.717, 1.165) is 0 Å². The maximum absolute atomic E-state index is 10.9. The highest BCUT2D eigenvalue weighted by Gasteiger charge is 2.11. The van der Waals surface area contributed by atoms with E-state index >= 15 is 0 Å². The number of rotatable bonds is 5. The number of benzene rings is 1. The van der Waals surface area contributed by atoms with Crippen LogP contribution in [0.3, 0.4) is 0 Å². The van der Waals surface area contributed by atoms with Gasteiger partial charge < -0.3 is 4.74 Å². The van der Waals surface area contributed by atoms with Gasteiger partial charge in [0.15, 0.2) is 0 Å². The number of ether oxygens (including phenoxy) is 1. The third-order valence-corrected chi connectivity index (χ3v) is 3.16. The smallest absolute Gasteiger partial charge is 0.306 e. The Morgan fingerprint density at radius 2 is 2.33 bits per heavy atom. The first-order chi connectivity index (χ1) is 8.58. The largest absolute Gasteiger partial charge is 0.469 e. The predicted molar refractivity (Wildman–Crippen MR) is 65.2 cm³/mol. The molecule has 0 unspecified atom stereocenters. The van der Waals surface area contributed by atoms with Crippen molar-refractivity contribution in [3.05, 3.63) is 33.9 Å². The number of hydrogen-bond acceptors (Lipinski definition) is 6. The number of carbonyl (C=O) groups is 1. The normalized spacial score (nSPS) is 9.56. The molecule has 0 heterocycles. The predicted octanol–water partition coefficient (Wildman–Crippen LogP) is 2.12. The van der Waals surface area contributed by atoms with Gasteiger partial charge in [0.2, 0.25) is 0 Å². The Morgan fingerprint density at radius 3 is 2.89 bits per heavy atom. The highest BCUT2D eigenvalue weighted by molar-refractivity contribution is 7.99. The summed E-state index contributed by atoms with van der Waals surface area (Å²) >= 11 is 1.29. The molecule has 0 spiro atoms. The van der Waals surface area contributed by atoms with Gasteiger partial charge in [0.25, 0.3) is 5.69 Å². The van der Waals surface area contributed by atoms with Crippen molar-refractivity contribution in [2.75, 3.05) is 12.9 Å². The average molecular weight is 266 g/mol. The van der Waals surface area contributed by atoms with Gasteiger partial charge in [-0.25, -0.2) is 0 Å². The van der Waals surface area contributed by atoms with E-state index in [1.165, 1.54) is 37.1 Å². The minimum atomic E-state index is -0.552. The minimum absolute atomic E-state index is 0.121. The van der Waals surface area contributed by atoms with Crippen LogP contribution < -0.4 is 0 Å². The summed E-state index contributed by atoms with van der Waals surface area (Å²) in [6.07, 6.45) is 0.225. The Bertz CT molecular complexity index is 510. The summed E-state index contributed by atoms with van der Waals surface area (Å²) in [4.78, 5) is 21.5. The third kappa shape index (κ3) is 3.75. The van der Waals surface area contributed by atoms with Crippen molar-refractivity contribution in [3.63, 3.8) is 0 Å². The van der Waals surface area contributed by atoms with Crippen LogP contribution >= 0.6 is 11.8 Å². The van der Waals surface area contributed by atoms with E-state index in [4.69, 9.17) is 5.26 Å². The van der Waals surface area contributed by atoms with E-state index in [0.29, 0.717) is 10.6 Å². The molecule has 0 fully saturated rings. The van der Waals surface area contributed by atoms with Crippen molar-refractivity contribution in [1.29, 1.82) is 5.26 Å². The molecule has 18 heavy (non-hydrogen) atoms. The van der Waals surface area contributed by atoms with E-state index in [1.54, 1.807) is 0 Å². The zero-order valence-corrected chi connectivity index (χ0v) is 10.4. The number of nitro groups is 1. The van der Waals surface area contributed by atoms with Crippen LogP contribution in [0.5, 0.6) is 0 Å². The minimum Gasteiger partial charge on any atom is -0.469 e. The van der Waals surface area contributed by atoms with Crippen LogP contribution in [-0.4, -0.2) is 23.8 Å². The number of carbonyl (C=O) groups excluding carboxylic acids is 1. The molecule has 0 aliphatic carbocycles. The number of nitrogens with zero attached hydrogens (tertiary/aromatic N) is 2. The fourth-order valence-electron chi connectivity index (χ4n) is 1.19. The molecule has 0 N–H and O–H groups in total. The van der Waals surface area contributed by atoms with E-state index in [1.807, 2.05) is 6.07 Å². The second-order valence-corrected chi connectivity index (χ2v) is 4.36. The Balaban J connectivity index is 2.75. The molecule has 1 aromatic carbocycles. The summed E-state index contributed by atoms with van der Waals surface area (Å²) in [7, 11) is 1.31. The van der Waals surface area contributed by atoms with Crippen LogP contribution in [0.25, 0.3) is 0 Å². The molecule has 0 amide bonds. The van der Waals surface area contributed by atoms with E-state index < -0.39 is 4.92 Å². The lowest BCUT2D eigenvalue weighted by Crippen LogP contribution is -2.01. The third-order valence-electron chi connectivity index (χ3n) is 2.09. The van der Waals surface area contributed by atoms with Gasteiger partial charge in [-0.15, -0.1) is 11.8 Å². The zero-order valence-electron chi connectivity index (χ0n) is 9.58. The van der Waals surface area contributed by atoms with E-state index in [2.05, 4.69) is 4.74 Å². The summed E-state index contributed by atoms with van der Waals surface area (Å²) in [6, 6.07) is 5.97. The van der Waals surface area contributed by atoms with Crippen molar-refractivity contribution < 1.29 is 14.5 Å². The number of methoxy groups -OCH3 is 1. The topological polar surface area (TPSA) is 93.2 Å². The summed E-state index contributed by atoms with van der Waals surface area (Å²) in [5, 5.41) is 19.5. The van der Waals surface area contributed by atoms with Gasteiger partial charge in [0.05, 0.1) is 24.0 Å². The number of nitro benzene ring substituents is 1. The average Bonchev–Trinajstić information content (AvgIpc) is 2.38. The molecular weight excluding hydrogens is 256 g/mol. The molecule has 1 rings (SSSR count). The quantitative estimate of drug-likeness (QED) is 0.351. The number of esters is 1. The molecule has 94 valence electrons. The monoisotopic (exact) mass is 266 g/mol. The van der Waals surface area contributed by atoms with Gasteiger partial charge in [-0.1, -0.05) is 0 Å². The van der Waals surface area contributed by atoms with Gasteiger partial charge in [-0.3, -0.25) is 14.9 Å². The molecular formula is C11H10N2O4S. The Hall–Kier alpha value is -2.07. The summed E-state index contributed by atoms with van der Waals surface area (Å²) < 4.78 is 4.49. The molecule has 0 aliphatic rings. The number of hydrogen-bond donors (Lipinski definition) is 0. The molecule has 1 aromatic rings. The van der Waals surface area contributed by atoms with Gasteiger partial charge in [0.1, 0.15) is 6.07 Å². The van der Waals surface area contributed by atoms with Crippen molar-refractivity contribution in [2.45, 2.75) is 11.3 Å². The molecule has 0 aromatic heterocycles. The molecule has 0 saturated heterocycles. The standard InChI is InChI=1S/C11H10N2O4S/c1-17-11(14)4-5-18-10-3-2-9(13(15)16)6-8(10)7-12/h2-3,6H,4-5H2,1H3. The Labute approximate surface area is 108 Å². The molecule has 0 radical (unpaired) electrons. The van der Waals surface area contributed by atoms with Crippen LogP contribution in [0.4, 0.5) is 5.69 Å². The number of thioether (sulfide) groups is 1. The SMILES string of the molecule is COC(=O)CCSc1ccc([N+](=O)[O-])cc1C#N. The molecule has 0 atom stereocenters. The Morgan fingerprint density at radius 1 is 1.61 bits per heavy atom. The van der Waals surface area contributed by atoms with E-state index in [9.17, 15) is 14.9 Å². The van der Waals surface area contributed by atoms with Crippen LogP contribution in [0, 0.1) is 21.4 Å². The van der Waals surface area contributed by atoms with Gasteiger partial charge in [-0.2, -0.15) is 5.26 Å². The number of nitriles is 1. The van der Waals surface area contributed by atoms with Crippen LogP contribution in [0.15, 0.2) is 23.1 Å². The second-order valence-electron chi connectivity index (χ2n) is 3.22. The Kier molecular flexibility index (Phi) is 5.14. The van der Waals surface area contributed by atoms with Crippen molar-refractivity contribution in [3.8, 4) is 6.07 Å². The highest BCUT2D eigenvalue weighted by Crippen LogP contribution is 2.26. The summed E-state index contributed by atoms with van der Waals surface area (Å²) in [5.41, 5.74) is 0.114. The van der Waals surface area contributed by atoms with E-state index in [-0.39, 0.29) is 23.6 Å². The first-order valence-electron chi connectivity index (χ1n) is 4.96. The van der Waals surface area contributed by atoms with Crippen molar-refractivity contribution >= 4 is 23.4 Å². The molecule has 6 nitrogen and oxygen atoms in total. The molecule has 0 aliphatic heterocycles. The first-order valence-corrected chi connectivity index (χ1v) is 5.95. The molecule has 0 saturated carbocycles. The maximum atomic E-state index is 10.9. The van der Waals surface area contributed by atoms with Crippen LogP contribution in [0.2, 0.25) is 0 Å². The van der Waals surface area contributed by atoms with Crippen molar-refractivity contribution in [2.24, 2.45) is 0 Å². The lowest BCUT2D eigenvalue weighted by molar-refractivity contribution is -0.384. The highest BCUT2D eigenvalue weighted by atomic mass is 32.2. The molecule has 0 bridgehead atoms. The zero-order chi connectivity index (χ0) is 13.5. The fourth-order valence-corrected chi connectivity index (χ4v) is 2.10. The van der Waals surface area contributed by atoms with Crippen molar-refractivity contribution in [1.82, 2.24) is 0 Å². The second kappa shape index (κ2) is 6.61. The van der Waals surface area contributed by atoms with Crippen LogP contribution in [-0.2, 0) is 9.53 Å². The lowest BCUT2D eigenvalue weighted by atomic mass is 10.2.